The Morgan fingerprint density at radius 1 is 0.543 bits per heavy atom. The van der Waals surface area contributed by atoms with Crippen molar-refractivity contribution in [2.24, 2.45) is 11.5 Å². The number of rotatable bonds is 5. The molecule has 16 heteroatoms. The van der Waals surface area contributed by atoms with Gasteiger partial charge in [0.05, 0.1) is 36.5 Å². The van der Waals surface area contributed by atoms with E-state index < -0.39 is 59.2 Å². The quantitative estimate of drug-likeness (QED) is 0.100. The van der Waals surface area contributed by atoms with E-state index >= 15 is 0 Å². The Morgan fingerprint density at radius 3 is 1.22 bits per heavy atom. The number of fused-ring (bicyclic) bond motifs is 4. The average molecular weight is 629 g/mol. The molecule has 2 heterocycles. The second-order valence-electron chi connectivity index (χ2n) is 9.99. The molecular weight excluding hydrogens is 604 g/mol. The molecule has 6 aromatic rings. The third kappa shape index (κ3) is 4.08. The molecule has 2 aromatic heterocycles. The van der Waals surface area contributed by atoms with Crippen LogP contribution in [0, 0.1) is 0 Å². The number of nitrogens with two attached hydrogens (primary N) is 2. The summed E-state index contributed by atoms with van der Waals surface area (Å²) in [5.41, 5.74) is 8.75. The zero-order chi connectivity index (χ0) is 33.2. The van der Waals surface area contributed by atoms with Crippen molar-refractivity contribution in [3.8, 4) is 45.6 Å². The minimum Gasteiger partial charge on any atom is -0.507 e. The fourth-order valence-electron chi connectivity index (χ4n) is 5.39. The van der Waals surface area contributed by atoms with Crippen LogP contribution >= 0.6 is 0 Å². The van der Waals surface area contributed by atoms with E-state index in [2.05, 4.69) is 19.9 Å². The van der Waals surface area contributed by atoms with E-state index in [0.717, 1.165) is 14.2 Å². The van der Waals surface area contributed by atoms with E-state index in [0.29, 0.717) is 0 Å². The number of aromatic nitrogens is 4. The fraction of sp³-hybridized carbons (Fsp3) is 0.133. The maximum absolute atomic E-state index is 12.5. The molecule has 234 valence electrons. The smallest absolute Gasteiger partial charge is 0.340 e. The zero-order valence-corrected chi connectivity index (χ0v) is 24.0. The normalized spacial score (nSPS) is 11.5. The van der Waals surface area contributed by atoms with Gasteiger partial charge in [0.1, 0.15) is 67.1 Å². The van der Waals surface area contributed by atoms with Crippen LogP contribution in [0.5, 0.6) is 34.5 Å². The number of benzene rings is 4. The Labute approximate surface area is 256 Å². The van der Waals surface area contributed by atoms with Crippen LogP contribution in [0.2, 0.25) is 0 Å². The lowest BCUT2D eigenvalue weighted by atomic mass is 9.93. The van der Waals surface area contributed by atoms with Gasteiger partial charge < -0.3 is 51.6 Å². The van der Waals surface area contributed by atoms with Crippen LogP contribution in [-0.2, 0) is 22.6 Å². The first-order chi connectivity index (χ1) is 22.0. The summed E-state index contributed by atoms with van der Waals surface area (Å²) in [4.78, 5) is 42.3. The lowest BCUT2D eigenvalue weighted by Gasteiger charge is -2.19. The van der Waals surface area contributed by atoms with Gasteiger partial charge in [0.15, 0.2) is 11.5 Å². The molecule has 0 bridgehead atoms. The molecule has 0 aliphatic rings. The molecule has 0 aliphatic heterocycles. The summed E-state index contributed by atoms with van der Waals surface area (Å²) in [5, 5.41) is 67.1. The molecule has 0 aliphatic carbocycles. The number of esters is 2. The number of methoxy groups -OCH3 is 2. The highest BCUT2D eigenvalue weighted by Crippen LogP contribution is 2.54. The predicted molar refractivity (Wildman–Crippen MR) is 162 cm³/mol. The van der Waals surface area contributed by atoms with Gasteiger partial charge in [-0.05, 0) is 24.3 Å². The minimum absolute atomic E-state index is 0.110. The Balaban J connectivity index is 1.78. The monoisotopic (exact) mass is 628 g/mol. The van der Waals surface area contributed by atoms with Crippen LogP contribution in [0.15, 0.2) is 24.3 Å². The predicted octanol–water partition coefficient (Wildman–Crippen LogP) is 2.27. The third-order valence-corrected chi connectivity index (χ3v) is 7.61. The molecule has 0 amide bonds. The first-order valence-corrected chi connectivity index (χ1v) is 13.4. The number of ether oxygens (including phenoxy) is 2. The molecule has 16 nitrogen and oxygen atoms in total. The van der Waals surface area contributed by atoms with Crippen LogP contribution in [0.25, 0.3) is 55.3 Å². The van der Waals surface area contributed by atoms with Crippen molar-refractivity contribution in [1.82, 2.24) is 19.9 Å². The highest BCUT2D eigenvalue weighted by molar-refractivity contribution is 6.10. The number of hydrogen-bond acceptors (Lipinski definition) is 16. The Bertz CT molecular complexity index is 2160. The van der Waals surface area contributed by atoms with Gasteiger partial charge in [-0.15, -0.1) is 0 Å². The fourth-order valence-corrected chi connectivity index (χ4v) is 5.39. The molecule has 0 saturated heterocycles. The van der Waals surface area contributed by atoms with Gasteiger partial charge in [-0.3, -0.25) is 0 Å². The van der Waals surface area contributed by atoms with Crippen molar-refractivity contribution in [2.75, 3.05) is 14.2 Å². The topological polar surface area (TPSA) is 278 Å². The highest BCUT2D eigenvalue weighted by Gasteiger charge is 2.31. The molecule has 10 N–H and O–H groups in total. The Kier molecular flexibility index (Phi) is 6.94. The summed E-state index contributed by atoms with van der Waals surface area (Å²) in [6.45, 7) is -0.809. The number of hydrogen-bond donors (Lipinski definition) is 8. The van der Waals surface area contributed by atoms with Gasteiger partial charge in [-0.25, -0.2) is 29.5 Å². The number of carbonyl (C=O) groups excluding carboxylic acids is 2. The van der Waals surface area contributed by atoms with Gasteiger partial charge in [0, 0.05) is 24.2 Å². The summed E-state index contributed by atoms with van der Waals surface area (Å²) in [6.07, 6.45) is 0. The lowest BCUT2D eigenvalue weighted by molar-refractivity contribution is 0.0593. The summed E-state index contributed by atoms with van der Waals surface area (Å²) in [6, 6.07) is 4.87. The number of aromatic hydroxyl groups is 6. The molecular formula is C30H24N6O10. The molecule has 0 spiro atoms. The van der Waals surface area contributed by atoms with E-state index in [4.69, 9.17) is 20.9 Å². The van der Waals surface area contributed by atoms with Crippen LogP contribution in [0.4, 0.5) is 0 Å². The number of nitrogens with zero attached hydrogens (tertiary/aromatic N) is 4. The van der Waals surface area contributed by atoms with Crippen molar-refractivity contribution >= 4 is 56.1 Å². The van der Waals surface area contributed by atoms with Crippen molar-refractivity contribution in [1.29, 1.82) is 0 Å². The molecule has 0 saturated carbocycles. The maximum atomic E-state index is 12.5. The second kappa shape index (κ2) is 10.7. The van der Waals surface area contributed by atoms with E-state index in [1.807, 2.05) is 0 Å². The van der Waals surface area contributed by atoms with E-state index in [1.165, 1.54) is 24.3 Å². The van der Waals surface area contributed by atoms with Crippen molar-refractivity contribution in [3.05, 3.63) is 46.5 Å². The highest BCUT2D eigenvalue weighted by atomic mass is 16.5. The first-order valence-electron chi connectivity index (χ1n) is 13.4. The van der Waals surface area contributed by atoms with Gasteiger partial charge >= 0.3 is 11.9 Å². The van der Waals surface area contributed by atoms with E-state index in [-0.39, 0.29) is 77.9 Å². The second-order valence-corrected chi connectivity index (χ2v) is 9.99. The first kappa shape index (κ1) is 29.8. The van der Waals surface area contributed by atoms with Crippen molar-refractivity contribution in [2.45, 2.75) is 13.1 Å². The molecule has 0 radical (unpaired) electrons. The molecule has 0 fully saturated rings. The lowest BCUT2D eigenvalue weighted by Crippen LogP contribution is -2.07. The van der Waals surface area contributed by atoms with Crippen LogP contribution in [0.3, 0.4) is 0 Å². The molecule has 6 rings (SSSR count). The minimum atomic E-state index is -0.822. The SMILES string of the molecule is COC(=O)c1ccc(O)c2nc3c(CN)c(O)c(-c4c(O)c(CN)c5nc6c(O)ccc(C(=O)OC)c6nc5c4O)c(O)c3nc12. The van der Waals surface area contributed by atoms with Gasteiger partial charge in [0.25, 0.3) is 0 Å². The molecule has 0 atom stereocenters. The largest absolute Gasteiger partial charge is 0.507 e. The number of carbonyl (C=O) groups is 2. The maximum Gasteiger partial charge on any atom is 0.340 e. The molecule has 4 aromatic carbocycles. The summed E-state index contributed by atoms with van der Waals surface area (Å²) < 4.78 is 9.61. The zero-order valence-electron chi connectivity index (χ0n) is 24.0. The molecule has 46 heavy (non-hydrogen) atoms. The average Bonchev–Trinajstić information content (AvgIpc) is 3.05. The number of phenols is 6. The summed E-state index contributed by atoms with van der Waals surface area (Å²) >= 11 is 0. The van der Waals surface area contributed by atoms with Gasteiger partial charge in [-0.1, -0.05) is 0 Å². The summed E-state index contributed by atoms with van der Waals surface area (Å²) in [7, 11) is 2.27. The van der Waals surface area contributed by atoms with E-state index in [1.54, 1.807) is 0 Å². The molecule has 0 unspecified atom stereocenters. The third-order valence-electron chi connectivity index (χ3n) is 7.61. The summed E-state index contributed by atoms with van der Waals surface area (Å²) in [5.74, 6) is -5.46. The van der Waals surface area contributed by atoms with Crippen LogP contribution in [-0.4, -0.2) is 76.7 Å². The van der Waals surface area contributed by atoms with Gasteiger partial charge in [-0.2, -0.15) is 0 Å². The Morgan fingerprint density at radius 2 is 0.891 bits per heavy atom. The van der Waals surface area contributed by atoms with Crippen LogP contribution < -0.4 is 11.5 Å². The number of phenolic OH excluding ortho intramolecular Hbond substituents is 6. The van der Waals surface area contributed by atoms with Crippen molar-refractivity contribution in [3.63, 3.8) is 0 Å². The van der Waals surface area contributed by atoms with Crippen molar-refractivity contribution < 1.29 is 49.7 Å². The van der Waals surface area contributed by atoms with E-state index in [9.17, 15) is 40.2 Å². The van der Waals surface area contributed by atoms with Crippen LogP contribution in [0.1, 0.15) is 31.8 Å². The van der Waals surface area contributed by atoms with Gasteiger partial charge in [0.2, 0.25) is 0 Å². The Hall–Kier alpha value is -6.26. The standard InChI is InChI=1S/C30H24N6O10/c1-45-29(43)9-3-5-13(37)21-17(9)35-23-19(33-21)11(7-31)25(39)15(27(23)41)16-26(40)12(8-32)20-24(28(16)42)36-18-10(30(44)46-2)4-6-14(38)22(18)34-20/h3-6,37-42H,7-8,31-32H2,1-2H3.